The molecular formula is C15H20ClN3OS. The zero-order valence-corrected chi connectivity index (χ0v) is 13.8. The number of aromatic nitrogens is 2. The van der Waals surface area contributed by atoms with E-state index in [2.05, 4.69) is 48.0 Å². The van der Waals surface area contributed by atoms with Gasteiger partial charge in [0.05, 0.1) is 0 Å². The molecule has 4 nitrogen and oxygen atoms in total. The van der Waals surface area contributed by atoms with Gasteiger partial charge in [0, 0.05) is 12.2 Å². The number of rotatable bonds is 6. The monoisotopic (exact) mass is 325 g/mol. The summed E-state index contributed by atoms with van der Waals surface area (Å²) in [6, 6.07) is 10.2. The summed E-state index contributed by atoms with van der Waals surface area (Å²) in [5, 5.41) is 8.75. The van der Waals surface area contributed by atoms with Crippen LogP contribution in [0.3, 0.4) is 0 Å². The van der Waals surface area contributed by atoms with Crippen molar-refractivity contribution in [3.8, 4) is 0 Å². The van der Waals surface area contributed by atoms with Gasteiger partial charge in [0.25, 0.3) is 11.1 Å². The van der Waals surface area contributed by atoms with Crippen molar-refractivity contribution in [3.05, 3.63) is 53.4 Å². The van der Waals surface area contributed by atoms with E-state index in [1.165, 1.54) is 11.1 Å². The van der Waals surface area contributed by atoms with Gasteiger partial charge < -0.3 is 22.6 Å². The average molecular weight is 326 g/mol. The number of thioether (sulfide) groups is 1. The Bertz CT molecular complexity index is 567. The first-order chi connectivity index (χ1) is 9.65. The molecule has 21 heavy (non-hydrogen) atoms. The van der Waals surface area contributed by atoms with Gasteiger partial charge in [-0.3, -0.25) is 0 Å². The van der Waals surface area contributed by atoms with Crippen LogP contribution in [-0.2, 0) is 6.42 Å². The Morgan fingerprint density at radius 3 is 2.67 bits per heavy atom. The van der Waals surface area contributed by atoms with Crippen LogP contribution in [0.15, 0.2) is 51.6 Å². The van der Waals surface area contributed by atoms with Gasteiger partial charge in [-0.1, -0.05) is 53.7 Å². The molecule has 2 rings (SSSR count). The number of halogens is 1. The Hall–Kier alpha value is -1.30. The summed E-state index contributed by atoms with van der Waals surface area (Å²) < 4.78 is 5.65. The minimum absolute atomic E-state index is 0. The van der Waals surface area contributed by atoms with Crippen LogP contribution in [0.1, 0.15) is 31.3 Å². The van der Waals surface area contributed by atoms with E-state index < -0.39 is 0 Å². The molecule has 0 saturated carbocycles. The van der Waals surface area contributed by atoms with Crippen molar-refractivity contribution in [2.45, 2.75) is 31.5 Å². The zero-order valence-electron chi connectivity index (χ0n) is 12.3. The van der Waals surface area contributed by atoms with E-state index in [1.54, 1.807) is 11.8 Å². The van der Waals surface area contributed by atoms with E-state index >= 15 is 0 Å². The average Bonchev–Trinajstić information content (AvgIpc) is 2.88. The van der Waals surface area contributed by atoms with E-state index in [9.17, 15) is 0 Å². The van der Waals surface area contributed by atoms with Crippen LogP contribution >= 0.6 is 11.8 Å². The number of hydrogen-bond donors (Lipinski definition) is 1. The summed E-state index contributed by atoms with van der Waals surface area (Å²) >= 11 is 1.55. The Balaban J connectivity index is 0.00000220. The third kappa shape index (κ3) is 5.91. The number of quaternary nitrogens is 1. The van der Waals surface area contributed by atoms with Gasteiger partial charge in [-0.05, 0) is 19.4 Å². The summed E-state index contributed by atoms with van der Waals surface area (Å²) in [7, 11) is 0. The molecule has 114 valence electrons. The highest BCUT2D eigenvalue weighted by Gasteiger charge is 2.18. The van der Waals surface area contributed by atoms with Crippen molar-refractivity contribution in [2.24, 2.45) is 0 Å². The van der Waals surface area contributed by atoms with Crippen LogP contribution < -0.4 is 18.1 Å². The largest absolute Gasteiger partial charge is 1.00 e. The maximum atomic E-state index is 5.65. The molecule has 0 aliphatic carbocycles. The molecule has 2 aromatic rings. The molecule has 1 heterocycles. The first-order valence-corrected chi connectivity index (χ1v) is 7.60. The van der Waals surface area contributed by atoms with E-state index in [0.717, 1.165) is 12.2 Å². The maximum Gasteiger partial charge on any atom is 0.277 e. The minimum Gasteiger partial charge on any atom is -1.00 e. The molecule has 3 N–H and O–H groups in total. The third-order valence-corrected chi connectivity index (χ3v) is 3.54. The lowest BCUT2D eigenvalue weighted by atomic mass is 10.1. The standard InChI is InChI=1S/C15H19N3OS.ClH/c1-11(2)8-9-20-15-18-17-14(19-15)13(16)10-12-6-4-3-5-7-12;/h3-8,13H,9-10,16H2,1-2H3;1H/t13-;/m0./s1. The fourth-order valence-corrected chi connectivity index (χ4v) is 2.51. The second kappa shape index (κ2) is 8.87. The highest BCUT2D eigenvalue weighted by atomic mass is 35.5. The smallest absolute Gasteiger partial charge is 0.277 e. The molecule has 0 saturated heterocycles. The lowest BCUT2D eigenvalue weighted by Gasteiger charge is -2.03. The molecule has 0 aliphatic heterocycles. The van der Waals surface area contributed by atoms with Gasteiger partial charge >= 0.3 is 0 Å². The molecule has 6 heteroatoms. The lowest BCUT2D eigenvalue weighted by Crippen LogP contribution is -3.00. The van der Waals surface area contributed by atoms with Crippen molar-refractivity contribution in [1.29, 1.82) is 0 Å². The van der Waals surface area contributed by atoms with Crippen LogP contribution in [-0.4, -0.2) is 16.0 Å². The highest BCUT2D eigenvalue weighted by Crippen LogP contribution is 2.20. The zero-order chi connectivity index (χ0) is 14.4. The summed E-state index contributed by atoms with van der Waals surface area (Å²) in [4.78, 5) is 0. The van der Waals surface area contributed by atoms with Gasteiger partial charge in [-0.25, -0.2) is 0 Å². The van der Waals surface area contributed by atoms with Crippen molar-refractivity contribution in [3.63, 3.8) is 0 Å². The number of nitrogens with zero attached hydrogens (tertiary/aromatic N) is 2. The summed E-state index contributed by atoms with van der Waals surface area (Å²) in [5.74, 6) is 1.46. The van der Waals surface area contributed by atoms with E-state index in [4.69, 9.17) is 4.42 Å². The number of hydrogen-bond acceptors (Lipinski definition) is 4. The molecule has 0 aliphatic rings. The number of allylic oxidation sites excluding steroid dienone is 1. The van der Waals surface area contributed by atoms with Crippen LogP contribution in [0.2, 0.25) is 0 Å². The second-order valence-corrected chi connectivity index (χ2v) is 5.86. The van der Waals surface area contributed by atoms with Crippen molar-refractivity contribution in [2.75, 3.05) is 5.75 Å². The van der Waals surface area contributed by atoms with Crippen molar-refractivity contribution in [1.82, 2.24) is 10.2 Å². The molecule has 0 bridgehead atoms. The Kier molecular flexibility index (Phi) is 7.50. The second-order valence-electron chi connectivity index (χ2n) is 4.89. The first kappa shape index (κ1) is 17.8. The SMILES string of the molecule is CC(C)=CCSc1nnc([C@@H]([NH3+])Cc2ccccc2)o1.[Cl-]. The fraction of sp³-hybridized carbons (Fsp3) is 0.333. The van der Waals surface area contributed by atoms with Crippen LogP contribution in [0.4, 0.5) is 0 Å². The topological polar surface area (TPSA) is 66.6 Å². The maximum absolute atomic E-state index is 5.65. The van der Waals surface area contributed by atoms with Gasteiger partial charge in [0.1, 0.15) is 0 Å². The third-order valence-electron chi connectivity index (χ3n) is 2.79. The van der Waals surface area contributed by atoms with Gasteiger partial charge in [-0.15, -0.1) is 10.2 Å². The molecule has 1 aromatic heterocycles. The van der Waals surface area contributed by atoms with Gasteiger partial charge in [-0.2, -0.15) is 0 Å². The van der Waals surface area contributed by atoms with E-state index in [0.29, 0.717) is 11.1 Å². The predicted octanol–water partition coefficient (Wildman–Crippen LogP) is -0.342. The minimum atomic E-state index is -0.0114. The Labute approximate surface area is 135 Å². The van der Waals surface area contributed by atoms with Crippen LogP contribution in [0.5, 0.6) is 0 Å². The van der Waals surface area contributed by atoms with E-state index in [-0.39, 0.29) is 18.4 Å². The molecular weight excluding hydrogens is 306 g/mol. The molecule has 0 fully saturated rings. The summed E-state index contributed by atoms with van der Waals surface area (Å²) in [6.07, 6.45) is 2.95. The Morgan fingerprint density at radius 2 is 2.00 bits per heavy atom. The summed E-state index contributed by atoms with van der Waals surface area (Å²) in [6.45, 7) is 4.15. The first-order valence-electron chi connectivity index (χ1n) is 6.61. The van der Waals surface area contributed by atoms with Gasteiger partial charge in [0.15, 0.2) is 6.04 Å². The molecule has 0 unspecified atom stereocenters. The normalized spacial score (nSPS) is 11.6. The summed E-state index contributed by atoms with van der Waals surface area (Å²) in [5.41, 5.74) is 6.62. The molecule has 0 amide bonds. The molecule has 0 radical (unpaired) electrons. The molecule has 1 atom stereocenters. The van der Waals surface area contributed by atoms with Crippen molar-refractivity contribution < 1.29 is 22.6 Å². The lowest BCUT2D eigenvalue weighted by molar-refractivity contribution is -0.431. The van der Waals surface area contributed by atoms with E-state index in [1.807, 2.05) is 18.2 Å². The molecule has 0 spiro atoms. The fourth-order valence-electron chi connectivity index (χ4n) is 1.71. The quantitative estimate of drug-likeness (QED) is 0.583. The van der Waals surface area contributed by atoms with Crippen molar-refractivity contribution >= 4 is 11.8 Å². The molecule has 1 aromatic carbocycles. The van der Waals surface area contributed by atoms with Gasteiger partial charge in [0.2, 0.25) is 0 Å². The highest BCUT2D eigenvalue weighted by molar-refractivity contribution is 7.99. The number of benzene rings is 1. The van der Waals surface area contributed by atoms with Crippen LogP contribution in [0, 0.1) is 0 Å². The predicted molar refractivity (Wildman–Crippen MR) is 80.2 cm³/mol. The Morgan fingerprint density at radius 1 is 1.29 bits per heavy atom. The van der Waals surface area contributed by atoms with Crippen LogP contribution in [0.25, 0.3) is 0 Å².